The van der Waals surface area contributed by atoms with Crippen molar-refractivity contribution in [3.63, 3.8) is 0 Å². The molecule has 11 nitrogen and oxygen atoms in total. The van der Waals surface area contributed by atoms with Crippen molar-refractivity contribution < 1.29 is 45.8 Å². The molecule has 4 fully saturated rings. The summed E-state index contributed by atoms with van der Waals surface area (Å²) in [6, 6.07) is 22.5. The van der Waals surface area contributed by atoms with Gasteiger partial charge in [-0.15, -0.1) is 0 Å². The molecule has 0 bridgehead atoms. The van der Waals surface area contributed by atoms with E-state index in [0.29, 0.717) is 53.7 Å². The summed E-state index contributed by atoms with van der Waals surface area (Å²) in [6.07, 6.45) is -7.21. The fourth-order valence-corrected chi connectivity index (χ4v) is 12.9. The molecule has 4 aromatic carbocycles. The predicted octanol–water partition coefficient (Wildman–Crippen LogP) is 12.4. The highest BCUT2D eigenvalue weighted by molar-refractivity contribution is 5.80. The normalized spacial score (nSPS) is 22.8. The van der Waals surface area contributed by atoms with Crippen molar-refractivity contribution in [1.29, 1.82) is 0 Å². The third kappa shape index (κ3) is 13.8. The molecule has 3 N–H and O–H groups in total. The topological polar surface area (TPSA) is 117 Å². The van der Waals surface area contributed by atoms with Crippen LogP contribution < -0.4 is 5.73 Å². The number of nitrogens with two attached hydrogens (primary N) is 1. The van der Waals surface area contributed by atoms with E-state index in [0.717, 1.165) is 92.1 Å². The van der Waals surface area contributed by atoms with Gasteiger partial charge in [-0.2, -0.15) is 26.3 Å². The molecule has 0 spiro atoms. The van der Waals surface area contributed by atoms with Crippen LogP contribution in [0.3, 0.4) is 0 Å². The van der Waals surface area contributed by atoms with Gasteiger partial charge >= 0.3 is 24.4 Å². The highest BCUT2D eigenvalue weighted by Crippen LogP contribution is 2.48. The molecule has 2 unspecified atom stereocenters. The first-order valence-corrected chi connectivity index (χ1v) is 27.7. The van der Waals surface area contributed by atoms with Gasteiger partial charge in [0.1, 0.15) is 0 Å². The number of halogens is 6. The van der Waals surface area contributed by atoms with Gasteiger partial charge in [0.25, 0.3) is 0 Å². The minimum atomic E-state index is -4.46. The fourth-order valence-electron chi connectivity index (χ4n) is 12.9. The summed E-state index contributed by atoms with van der Waals surface area (Å²) in [5.74, 6) is 0.836. The molecule has 4 aromatic rings. The van der Waals surface area contributed by atoms with Crippen molar-refractivity contribution in [2.24, 2.45) is 40.2 Å². The maximum absolute atomic E-state index is 14.1. The molecular weight excluding hydrogens is 1020 g/mol. The maximum atomic E-state index is 14.1. The SMILES string of the molecule is Cc1cc([C@@H](C)N(C)C(=O)N2CC[C@@H]3CN(CC(C)(C)C(N)=O)CC3[C@@H]2c2ccccc2C)cc(C(F)(F)F)c1.Cc1cc([C@@H](C)N(C)C(=O)N2CC[C@@H]3CN(CC(C)(C)CO)CC3[C@@H]2c2ccccc2C)cc(C(F)(F)F)c1. The molecule has 8 atom stereocenters. The van der Waals surface area contributed by atoms with E-state index >= 15 is 0 Å². The van der Waals surface area contributed by atoms with E-state index in [-0.39, 0.29) is 53.9 Å². The van der Waals surface area contributed by atoms with Crippen LogP contribution in [-0.2, 0) is 17.1 Å². The zero-order valence-electron chi connectivity index (χ0n) is 48.2. The highest BCUT2D eigenvalue weighted by Gasteiger charge is 2.50. The number of hydrogen-bond donors (Lipinski definition) is 2. The predicted molar refractivity (Wildman–Crippen MR) is 297 cm³/mol. The summed E-state index contributed by atoms with van der Waals surface area (Å²) in [5, 5.41) is 9.83. The Morgan fingerprint density at radius 1 is 0.608 bits per heavy atom. The summed E-state index contributed by atoms with van der Waals surface area (Å²) in [4.78, 5) is 51.9. The van der Waals surface area contributed by atoms with Crippen LogP contribution in [0.5, 0.6) is 0 Å². The molecule has 4 aliphatic rings. The number of rotatable bonds is 12. The molecule has 0 aliphatic carbocycles. The second-order valence-electron chi connectivity index (χ2n) is 24.8. The van der Waals surface area contributed by atoms with Gasteiger partial charge in [-0.25, -0.2) is 9.59 Å². The minimum Gasteiger partial charge on any atom is -0.396 e. The summed E-state index contributed by atoms with van der Waals surface area (Å²) in [6.45, 7) is 24.7. The summed E-state index contributed by atoms with van der Waals surface area (Å²) >= 11 is 0. The summed E-state index contributed by atoms with van der Waals surface area (Å²) in [5.41, 5.74) is 9.74. The number of nitrogens with zero attached hydrogens (tertiary/aromatic N) is 6. The van der Waals surface area contributed by atoms with Crippen LogP contribution in [0.25, 0.3) is 0 Å². The van der Waals surface area contributed by atoms with E-state index in [2.05, 4.69) is 48.8 Å². The van der Waals surface area contributed by atoms with Gasteiger partial charge in [-0.3, -0.25) is 4.79 Å². The highest BCUT2D eigenvalue weighted by atomic mass is 19.4. The van der Waals surface area contributed by atoms with Crippen LogP contribution in [-0.4, -0.2) is 126 Å². The van der Waals surface area contributed by atoms with E-state index < -0.39 is 41.0 Å². The molecule has 8 rings (SSSR count). The number of aliphatic hydroxyl groups excluding tert-OH is 1. The number of fused-ring (bicyclic) bond motifs is 2. The number of amides is 5. The quantitative estimate of drug-likeness (QED) is 0.137. The first-order valence-electron chi connectivity index (χ1n) is 27.7. The Balaban J connectivity index is 0.000000229. The van der Waals surface area contributed by atoms with Crippen molar-refractivity contribution in [3.05, 3.63) is 141 Å². The second-order valence-corrected chi connectivity index (χ2v) is 24.8. The third-order valence-electron chi connectivity index (χ3n) is 17.6. The van der Waals surface area contributed by atoms with E-state index in [1.807, 2.05) is 60.9 Å². The number of urea groups is 2. The van der Waals surface area contributed by atoms with Crippen molar-refractivity contribution in [1.82, 2.24) is 29.4 Å². The number of piperidine rings is 2. The number of hydrogen-bond acceptors (Lipinski definition) is 6. The van der Waals surface area contributed by atoms with Crippen LogP contribution in [0.1, 0.15) is 134 Å². The number of benzene rings is 4. The molecule has 432 valence electrons. The maximum Gasteiger partial charge on any atom is 0.416 e. The number of aliphatic hydroxyl groups is 1. The average Bonchev–Trinajstić information content (AvgIpc) is 4.12. The number of likely N-dealkylation sites (tertiary alicyclic amines) is 4. The first-order chi connectivity index (χ1) is 36.8. The Morgan fingerprint density at radius 2 is 0.987 bits per heavy atom. The Labute approximate surface area is 464 Å². The average molecular weight is 1100 g/mol. The lowest BCUT2D eigenvalue weighted by atomic mass is 9.78. The van der Waals surface area contributed by atoms with Gasteiger partial charge in [0.2, 0.25) is 5.91 Å². The zero-order chi connectivity index (χ0) is 58.3. The standard InChI is InChI=1S/C31H41F3N4O2.C31H42F3N3O2/c1-19-13-23(15-24(14-19)31(32,33)34)21(3)36(6)29(40)38-12-11-22-16-37(18-30(4,5)28(35)39)17-26(22)27(38)25-10-8-7-9-20(25)2;1-20-13-24(15-25(14-20)31(32,33)34)22(3)35(6)29(39)37-12-11-23-16-36(18-30(4,5)19-38)17-27(23)28(37)26-10-8-7-9-21(26)2/h7-10,13-15,21-22,26-27H,11-12,16-18H2,1-6H3,(H2,35,39);7-10,13-15,22-23,27-28,38H,11-12,16-19H2,1-6H3/t21-,22-,26?,27+;22-,23-,27?,28+/m11/s1. The molecular formula is C62H83F6N7O4. The van der Waals surface area contributed by atoms with Crippen molar-refractivity contribution >= 4 is 18.0 Å². The number of aryl methyl sites for hydroxylation is 4. The van der Waals surface area contributed by atoms with Crippen LogP contribution >= 0.6 is 0 Å². The van der Waals surface area contributed by atoms with Crippen molar-refractivity contribution in [2.75, 3.05) is 73.1 Å². The number of primary amides is 1. The zero-order valence-corrected chi connectivity index (χ0v) is 48.2. The minimum absolute atomic E-state index is 0.113. The van der Waals surface area contributed by atoms with Gasteiger partial charge in [-0.1, -0.05) is 85.6 Å². The van der Waals surface area contributed by atoms with Crippen molar-refractivity contribution in [2.45, 2.75) is 119 Å². The molecule has 5 amide bonds. The lowest BCUT2D eigenvalue weighted by Gasteiger charge is -2.45. The number of carbonyl (C=O) groups excluding carboxylic acids is 3. The Morgan fingerprint density at radius 3 is 1.34 bits per heavy atom. The molecule has 0 saturated carbocycles. The van der Waals surface area contributed by atoms with E-state index in [4.69, 9.17) is 5.73 Å². The second kappa shape index (κ2) is 23.8. The smallest absolute Gasteiger partial charge is 0.396 e. The molecule has 4 heterocycles. The lowest BCUT2D eigenvalue weighted by Crippen LogP contribution is -2.51. The van der Waals surface area contributed by atoms with E-state index in [1.165, 1.54) is 0 Å². The summed E-state index contributed by atoms with van der Waals surface area (Å²) in [7, 11) is 3.36. The molecule has 0 aromatic heterocycles. The number of alkyl halides is 6. The fraction of sp³-hybridized carbons (Fsp3) is 0.565. The molecule has 79 heavy (non-hydrogen) atoms. The van der Waals surface area contributed by atoms with Gasteiger partial charge < -0.3 is 40.2 Å². The lowest BCUT2D eigenvalue weighted by molar-refractivity contribution is -0.138. The van der Waals surface area contributed by atoms with Gasteiger partial charge in [0.15, 0.2) is 0 Å². The molecule has 4 saturated heterocycles. The molecule has 0 radical (unpaired) electrons. The van der Waals surface area contributed by atoms with Crippen LogP contribution in [0, 0.1) is 62.2 Å². The van der Waals surface area contributed by atoms with E-state index in [1.54, 1.807) is 63.7 Å². The number of carbonyl (C=O) groups is 3. The Kier molecular flexibility index (Phi) is 18.4. The van der Waals surface area contributed by atoms with Gasteiger partial charge in [0.05, 0.1) is 40.7 Å². The molecule has 17 heteroatoms. The van der Waals surface area contributed by atoms with Crippen molar-refractivity contribution in [3.8, 4) is 0 Å². The van der Waals surface area contributed by atoms with Gasteiger partial charge in [-0.05, 0) is 138 Å². The largest absolute Gasteiger partial charge is 0.416 e. The van der Waals surface area contributed by atoms with E-state index in [9.17, 15) is 45.8 Å². The Bertz CT molecular complexity index is 2820. The van der Waals surface area contributed by atoms with Crippen LogP contribution in [0.2, 0.25) is 0 Å². The third-order valence-corrected chi connectivity index (χ3v) is 17.6. The van der Waals surface area contributed by atoms with Gasteiger partial charge in [0, 0.05) is 90.3 Å². The summed E-state index contributed by atoms with van der Waals surface area (Å²) < 4.78 is 81.1. The Hall–Kier alpha value is -5.65. The van der Waals surface area contributed by atoms with Crippen LogP contribution in [0.15, 0.2) is 84.9 Å². The molecule has 4 aliphatic heterocycles. The first kappa shape index (κ1) is 61.0. The monoisotopic (exact) mass is 1100 g/mol. The van der Waals surface area contributed by atoms with Crippen LogP contribution in [0.4, 0.5) is 35.9 Å².